The van der Waals surface area contributed by atoms with Crippen molar-refractivity contribution in [2.24, 2.45) is 0 Å². The Labute approximate surface area is 224 Å². The van der Waals surface area contributed by atoms with Crippen molar-refractivity contribution in [3.05, 3.63) is 76.2 Å². The molecule has 1 atom stereocenters. The fourth-order valence-electron chi connectivity index (χ4n) is 5.29. The van der Waals surface area contributed by atoms with E-state index in [2.05, 4.69) is 38.0 Å². The van der Waals surface area contributed by atoms with Crippen LogP contribution in [0.2, 0.25) is 5.02 Å². The third-order valence-corrected chi connectivity index (χ3v) is 8.00. The summed E-state index contributed by atoms with van der Waals surface area (Å²) in [6.45, 7) is 3.94. The molecule has 0 amide bonds. The Bertz CT molecular complexity index is 1480. The van der Waals surface area contributed by atoms with Gasteiger partial charge in [0.15, 0.2) is 11.6 Å². The van der Waals surface area contributed by atoms with Gasteiger partial charge in [0, 0.05) is 23.2 Å². The van der Waals surface area contributed by atoms with E-state index in [0.29, 0.717) is 29.1 Å². The summed E-state index contributed by atoms with van der Waals surface area (Å²) in [5.74, 6) is -1.09. The first-order valence-electron chi connectivity index (χ1n) is 13.0. The van der Waals surface area contributed by atoms with E-state index in [4.69, 9.17) is 16.6 Å². The Morgan fingerprint density at radius 3 is 2.61 bits per heavy atom. The Kier molecular flexibility index (Phi) is 6.75. The molecule has 6 rings (SSSR count). The van der Waals surface area contributed by atoms with Gasteiger partial charge in [-0.05, 0) is 87.0 Å². The van der Waals surface area contributed by atoms with E-state index < -0.39 is 17.7 Å². The number of fused-ring (bicyclic) bond motifs is 1. The third-order valence-electron chi connectivity index (χ3n) is 7.67. The highest BCUT2D eigenvalue weighted by molar-refractivity contribution is 6.32. The van der Waals surface area contributed by atoms with E-state index in [0.717, 1.165) is 65.9 Å². The van der Waals surface area contributed by atoms with Gasteiger partial charge in [-0.2, -0.15) is 5.10 Å². The lowest BCUT2D eigenvalue weighted by atomic mass is 9.88. The molecule has 0 spiro atoms. The van der Waals surface area contributed by atoms with Gasteiger partial charge in [0.2, 0.25) is 5.95 Å². The van der Waals surface area contributed by atoms with Gasteiger partial charge in [0.25, 0.3) is 0 Å². The number of rotatable bonds is 7. The Morgan fingerprint density at radius 2 is 1.87 bits per heavy atom. The van der Waals surface area contributed by atoms with Crippen LogP contribution in [0.1, 0.15) is 60.6 Å². The summed E-state index contributed by atoms with van der Waals surface area (Å²) in [5, 5.41) is 19.9. The Balaban J connectivity index is 1.13. The maximum Gasteiger partial charge on any atom is 0.227 e. The van der Waals surface area contributed by atoms with Gasteiger partial charge in [-0.25, -0.2) is 18.7 Å². The molecule has 0 radical (unpaired) electrons. The molecule has 2 aromatic heterocycles. The highest BCUT2D eigenvalue weighted by atomic mass is 35.5. The molecule has 2 N–H and O–H groups in total. The molecule has 1 aliphatic carbocycles. The summed E-state index contributed by atoms with van der Waals surface area (Å²) in [6, 6.07) is 8.03. The summed E-state index contributed by atoms with van der Waals surface area (Å²) >= 11 is 6.69. The van der Waals surface area contributed by atoms with E-state index in [1.165, 1.54) is 18.9 Å². The number of aliphatic hydroxyl groups excluding tert-OH is 1. The minimum Gasteiger partial charge on any atom is -0.387 e. The maximum atomic E-state index is 13.6. The SMILES string of the molecule is Cc1c(Nc2ncc3cc(Cl)c(C4CCN(C[C@H](O)c5ccc(F)c(F)c5)CC4)cc3n2)cnn1C1CC1. The zero-order valence-electron chi connectivity index (χ0n) is 21.0. The van der Waals surface area contributed by atoms with E-state index >= 15 is 0 Å². The van der Waals surface area contributed by atoms with Crippen LogP contribution in [0.3, 0.4) is 0 Å². The molecule has 2 fully saturated rings. The molecule has 2 aromatic carbocycles. The highest BCUT2D eigenvalue weighted by Gasteiger charge is 2.27. The van der Waals surface area contributed by atoms with Crippen LogP contribution in [0.5, 0.6) is 0 Å². The molecule has 1 saturated heterocycles. The summed E-state index contributed by atoms with van der Waals surface area (Å²) < 4.78 is 28.8. The molecule has 38 heavy (non-hydrogen) atoms. The zero-order valence-corrected chi connectivity index (χ0v) is 21.8. The molecule has 10 heteroatoms. The second-order valence-corrected chi connectivity index (χ2v) is 10.7. The van der Waals surface area contributed by atoms with Crippen LogP contribution in [0.4, 0.5) is 20.4 Å². The van der Waals surface area contributed by atoms with Crippen LogP contribution in [-0.4, -0.2) is 49.4 Å². The summed E-state index contributed by atoms with van der Waals surface area (Å²) in [7, 11) is 0. The van der Waals surface area contributed by atoms with Crippen molar-refractivity contribution >= 4 is 34.1 Å². The molecule has 7 nitrogen and oxygen atoms in total. The van der Waals surface area contributed by atoms with Crippen LogP contribution in [0.15, 0.2) is 42.7 Å². The molecule has 0 bridgehead atoms. The van der Waals surface area contributed by atoms with Crippen LogP contribution in [0.25, 0.3) is 10.9 Å². The van der Waals surface area contributed by atoms with Crippen molar-refractivity contribution in [2.75, 3.05) is 25.0 Å². The van der Waals surface area contributed by atoms with Crippen molar-refractivity contribution in [3.63, 3.8) is 0 Å². The Morgan fingerprint density at radius 1 is 1.08 bits per heavy atom. The lowest BCUT2D eigenvalue weighted by molar-refractivity contribution is 0.0970. The number of β-amino-alcohol motifs (C(OH)–C–C–N with tert-alkyl or cyclic N) is 1. The minimum absolute atomic E-state index is 0.258. The number of nitrogens with one attached hydrogen (secondary N) is 1. The molecular weight excluding hydrogens is 510 g/mol. The predicted molar refractivity (Wildman–Crippen MR) is 143 cm³/mol. The van der Waals surface area contributed by atoms with E-state index in [9.17, 15) is 13.9 Å². The molecule has 0 unspecified atom stereocenters. The van der Waals surface area contributed by atoms with Gasteiger partial charge < -0.3 is 15.3 Å². The van der Waals surface area contributed by atoms with E-state index in [-0.39, 0.29) is 5.92 Å². The highest BCUT2D eigenvalue weighted by Crippen LogP contribution is 2.38. The standard InChI is InChI=1S/C28H29ClF2N6O/c1-16-26(14-33-37(16)20-3-4-20)35-28-32-13-19-10-22(29)21(12-25(19)34-28)17-6-8-36(9-7-17)15-27(38)18-2-5-23(30)24(31)11-18/h2,5,10-14,17,20,27,38H,3-4,6-9,15H2,1H3,(H,32,34,35)/t27-/m0/s1. The van der Waals surface area contributed by atoms with Crippen LogP contribution in [0, 0.1) is 18.6 Å². The maximum absolute atomic E-state index is 13.6. The summed E-state index contributed by atoms with van der Waals surface area (Å²) in [6.07, 6.45) is 6.80. The monoisotopic (exact) mass is 538 g/mol. The summed E-state index contributed by atoms with van der Waals surface area (Å²) in [5.41, 5.74) is 4.24. The molecule has 198 valence electrons. The second-order valence-electron chi connectivity index (χ2n) is 10.3. The van der Waals surface area contributed by atoms with Crippen molar-refractivity contribution in [2.45, 2.75) is 50.7 Å². The number of aliphatic hydroxyl groups is 1. The van der Waals surface area contributed by atoms with Crippen molar-refractivity contribution in [1.29, 1.82) is 0 Å². The number of piperidine rings is 1. The zero-order chi connectivity index (χ0) is 26.4. The normalized spacial score (nSPS) is 17.7. The fraction of sp³-hybridized carbons (Fsp3) is 0.393. The molecular formula is C28H29ClF2N6O. The van der Waals surface area contributed by atoms with E-state index in [1.54, 1.807) is 6.20 Å². The van der Waals surface area contributed by atoms with Gasteiger partial charge in [-0.3, -0.25) is 4.68 Å². The lowest BCUT2D eigenvalue weighted by Crippen LogP contribution is -2.36. The second kappa shape index (κ2) is 10.2. The average molecular weight is 539 g/mol. The van der Waals surface area contributed by atoms with E-state index in [1.807, 2.05) is 12.3 Å². The quantitative estimate of drug-likeness (QED) is 0.298. The number of nitrogens with zero attached hydrogens (tertiary/aromatic N) is 5. The first kappa shape index (κ1) is 25.2. The number of hydrogen-bond donors (Lipinski definition) is 2. The molecule has 1 saturated carbocycles. The number of aromatic nitrogens is 4. The van der Waals surface area contributed by atoms with Gasteiger partial charge in [0.1, 0.15) is 0 Å². The van der Waals surface area contributed by atoms with Gasteiger partial charge >= 0.3 is 0 Å². The van der Waals surface area contributed by atoms with Gasteiger partial charge in [-0.1, -0.05) is 17.7 Å². The van der Waals surface area contributed by atoms with Gasteiger partial charge in [0.05, 0.1) is 35.2 Å². The number of benzene rings is 2. The van der Waals surface area contributed by atoms with Crippen molar-refractivity contribution in [1.82, 2.24) is 24.6 Å². The molecule has 3 heterocycles. The number of likely N-dealkylation sites (tertiary alicyclic amines) is 1. The summed E-state index contributed by atoms with van der Waals surface area (Å²) in [4.78, 5) is 11.4. The third kappa shape index (κ3) is 5.10. The first-order chi connectivity index (χ1) is 18.4. The van der Waals surface area contributed by atoms with Crippen LogP contribution in [-0.2, 0) is 0 Å². The largest absolute Gasteiger partial charge is 0.387 e. The van der Waals surface area contributed by atoms with Crippen molar-refractivity contribution < 1.29 is 13.9 Å². The number of hydrogen-bond acceptors (Lipinski definition) is 6. The topological polar surface area (TPSA) is 79.1 Å². The molecule has 2 aliphatic rings. The van der Waals surface area contributed by atoms with Crippen LogP contribution >= 0.6 is 11.6 Å². The molecule has 1 aliphatic heterocycles. The first-order valence-corrected chi connectivity index (χ1v) is 13.4. The Hall–Kier alpha value is -3.14. The van der Waals surface area contributed by atoms with Gasteiger partial charge in [-0.15, -0.1) is 0 Å². The van der Waals surface area contributed by atoms with Crippen LogP contribution < -0.4 is 5.32 Å². The smallest absolute Gasteiger partial charge is 0.227 e. The lowest BCUT2D eigenvalue weighted by Gasteiger charge is -2.33. The number of anilines is 2. The number of halogens is 3. The average Bonchev–Trinajstić information content (AvgIpc) is 3.69. The molecule has 4 aromatic rings. The van der Waals surface area contributed by atoms with Crippen molar-refractivity contribution in [3.8, 4) is 0 Å². The minimum atomic E-state index is -0.947. The fourth-order valence-corrected chi connectivity index (χ4v) is 5.62. The predicted octanol–water partition coefficient (Wildman–Crippen LogP) is 6.06.